The number of hydrogen-bond donors (Lipinski definition) is 1. The summed E-state index contributed by atoms with van der Waals surface area (Å²) in [7, 11) is 1.35. The molecule has 0 amide bonds. The lowest BCUT2D eigenvalue weighted by atomic mass is 9.97. The van der Waals surface area contributed by atoms with Crippen molar-refractivity contribution in [1.82, 2.24) is 19.5 Å². The normalized spacial score (nSPS) is 13.5. The number of hydrogen-bond acceptors (Lipinski definition) is 6. The maximum Gasteiger partial charge on any atom is 0.404 e. The van der Waals surface area contributed by atoms with Crippen LogP contribution in [0.2, 0.25) is 0 Å². The fraction of sp³-hybridized carbons (Fsp3) is 0.333. The van der Waals surface area contributed by atoms with Crippen LogP contribution in [-0.2, 0) is 7.05 Å². The van der Waals surface area contributed by atoms with Crippen LogP contribution >= 0.6 is 11.8 Å². The minimum Gasteiger partial charge on any atom is -0.384 e. The van der Waals surface area contributed by atoms with Crippen molar-refractivity contribution in [3.05, 3.63) is 41.5 Å². The van der Waals surface area contributed by atoms with Gasteiger partial charge >= 0.3 is 12.4 Å². The van der Waals surface area contributed by atoms with E-state index in [1.807, 2.05) is 6.07 Å². The van der Waals surface area contributed by atoms with Crippen molar-refractivity contribution in [2.75, 3.05) is 5.73 Å². The second kappa shape index (κ2) is 7.92. The average Bonchev–Trinajstić information content (AvgIpc) is 2.94. The predicted octanol–water partition coefficient (Wildman–Crippen LogP) is 4.88. The van der Waals surface area contributed by atoms with Crippen LogP contribution in [0.3, 0.4) is 0 Å². The van der Waals surface area contributed by atoms with Gasteiger partial charge in [0.2, 0.25) is 0 Å². The van der Waals surface area contributed by atoms with Crippen LogP contribution in [0.1, 0.15) is 35.0 Å². The number of aromatic nitrogens is 4. The van der Waals surface area contributed by atoms with Gasteiger partial charge in [0.05, 0.1) is 22.7 Å². The first kappa shape index (κ1) is 22.7. The van der Waals surface area contributed by atoms with E-state index in [0.29, 0.717) is 0 Å². The Balaban J connectivity index is 2.05. The van der Waals surface area contributed by atoms with E-state index in [0.717, 1.165) is 18.0 Å². The zero-order chi connectivity index (χ0) is 23.1. The third kappa shape index (κ3) is 4.68. The molecule has 164 valence electrons. The average molecular weight is 460 g/mol. The number of fused-ring (bicyclic) bond motifs is 1. The van der Waals surface area contributed by atoms with Crippen LogP contribution in [0, 0.1) is 11.3 Å². The first-order chi connectivity index (χ1) is 14.3. The number of nitrogens with zero attached hydrogens (tertiary/aromatic N) is 5. The van der Waals surface area contributed by atoms with E-state index < -0.39 is 29.1 Å². The van der Waals surface area contributed by atoms with Crippen LogP contribution in [0.25, 0.3) is 10.9 Å². The molecule has 0 saturated carbocycles. The summed E-state index contributed by atoms with van der Waals surface area (Å²) in [5, 5.41) is 8.34. The van der Waals surface area contributed by atoms with E-state index in [9.17, 15) is 26.3 Å². The van der Waals surface area contributed by atoms with Gasteiger partial charge < -0.3 is 10.3 Å². The number of nitrogens with two attached hydrogens (primary N) is 1. The molecule has 0 saturated heterocycles. The molecule has 0 aromatic carbocycles. The van der Waals surface area contributed by atoms with E-state index in [-0.39, 0.29) is 33.3 Å². The molecule has 0 aliphatic heterocycles. The molecule has 3 aromatic heterocycles. The van der Waals surface area contributed by atoms with Crippen molar-refractivity contribution in [1.29, 1.82) is 5.26 Å². The third-order valence-corrected chi connectivity index (χ3v) is 5.42. The Labute approximate surface area is 176 Å². The number of nitriles is 1. The molecule has 0 spiro atoms. The third-order valence-electron chi connectivity index (χ3n) is 4.43. The molecule has 2 N–H and O–H groups in total. The highest BCUT2D eigenvalue weighted by Crippen LogP contribution is 2.48. The van der Waals surface area contributed by atoms with E-state index in [4.69, 9.17) is 11.0 Å². The van der Waals surface area contributed by atoms with Gasteiger partial charge in [-0.05, 0) is 18.6 Å². The molecule has 1 atom stereocenters. The van der Waals surface area contributed by atoms with Gasteiger partial charge in [-0.3, -0.25) is 4.98 Å². The lowest BCUT2D eigenvalue weighted by Gasteiger charge is -2.22. The Bertz CT molecular complexity index is 1150. The summed E-state index contributed by atoms with van der Waals surface area (Å²) in [5.74, 6) is -3.58. The number of aryl methyl sites for hydroxylation is 1. The van der Waals surface area contributed by atoms with Crippen LogP contribution in [0.4, 0.5) is 32.2 Å². The van der Waals surface area contributed by atoms with Gasteiger partial charge in [0, 0.05) is 24.7 Å². The predicted molar refractivity (Wildman–Crippen MR) is 101 cm³/mol. The Kier molecular flexibility index (Phi) is 5.79. The molecule has 3 aromatic rings. The number of alkyl halides is 6. The maximum atomic E-state index is 13.3. The molecule has 3 rings (SSSR count). The number of anilines is 1. The molecular weight excluding hydrogens is 446 g/mol. The highest BCUT2D eigenvalue weighted by atomic mass is 32.2. The Hall–Kier alpha value is -3.01. The molecular formula is C18H14F6N6S. The largest absolute Gasteiger partial charge is 0.404 e. The van der Waals surface area contributed by atoms with Crippen molar-refractivity contribution < 1.29 is 26.3 Å². The van der Waals surface area contributed by atoms with Crippen LogP contribution in [0.5, 0.6) is 0 Å². The SMILES string of the molecule is CC(Sc1nc(N)cc(C#N)n1)c1cc2c(C(C(F)(F)F)C(F)(F)F)cn(C)c2cn1. The van der Waals surface area contributed by atoms with Gasteiger partial charge in [0.1, 0.15) is 17.6 Å². The minimum absolute atomic E-state index is 0.0224. The quantitative estimate of drug-likeness (QED) is 0.339. The molecule has 0 fully saturated rings. The van der Waals surface area contributed by atoms with Crippen LogP contribution < -0.4 is 5.73 Å². The van der Waals surface area contributed by atoms with E-state index in [1.54, 1.807) is 6.92 Å². The zero-order valence-corrected chi connectivity index (χ0v) is 16.8. The highest BCUT2D eigenvalue weighted by Gasteiger charge is 2.58. The van der Waals surface area contributed by atoms with Gasteiger partial charge in [-0.1, -0.05) is 11.8 Å². The van der Waals surface area contributed by atoms with Crippen molar-refractivity contribution in [3.63, 3.8) is 0 Å². The summed E-state index contributed by atoms with van der Waals surface area (Å²) in [6.07, 6.45) is -8.99. The van der Waals surface area contributed by atoms with Gasteiger partial charge in [-0.25, -0.2) is 9.97 Å². The Morgan fingerprint density at radius 1 is 1.13 bits per heavy atom. The fourth-order valence-electron chi connectivity index (χ4n) is 3.09. The van der Waals surface area contributed by atoms with Gasteiger partial charge in [-0.15, -0.1) is 0 Å². The fourth-order valence-corrected chi connectivity index (χ4v) is 3.96. The molecule has 0 bridgehead atoms. The molecule has 0 aliphatic carbocycles. The van der Waals surface area contributed by atoms with Crippen LogP contribution in [0.15, 0.2) is 29.7 Å². The number of nitrogen functional groups attached to an aromatic ring is 1. The molecule has 31 heavy (non-hydrogen) atoms. The van der Waals surface area contributed by atoms with Crippen molar-refractivity contribution in [2.45, 2.75) is 35.6 Å². The summed E-state index contributed by atoms with van der Waals surface area (Å²) in [6.45, 7) is 1.63. The lowest BCUT2D eigenvalue weighted by Crippen LogP contribution is -2.34. The number of rotatable bonds is 4. The molecule has 1 unspecified atom stereocenters. The Morgan fingerprint density at radius 2 is 1.77 bits per heavy atom. The number of thioether (sulfide) groups is 1. The lowest BCUT2D eigenvalue weighted by molar-refractivity contribution is -0.253. The number of pyridine rings is 1. The highest BCUT2D eigenvalue weighted by molar-refractivity contribution is 7.99. The maximum absolute atomic E-state index is 13.3. The summed E-state index contributed by atoms with van der Waals surface area (Å²) in [4.78, 5) is 12.1. The Morgan fingerprint density at radius 3 is 2.35 bits per heavy atom. The minimum atomic E-state index is -5.51. The molecule has 0 aliphatic rings. The molecule has 3 heterocycles. The monoisotopic (exact) mass is 460 g/mol. The van der Waals surface area contributed by atoms with Gasteiger partial charge in [-0.2, -0.15) is 31.6 Å². The zero-order valence-electron chi connectivity index (χ0n) is 16.0. The summed E-state index contributed by atoms with van der Waals surface area (Å²) >= 11 is 1.01. The standard InChI is InChI=1S/C18H14F6N6S/c1-8(31-16-28-9(5-25)3-14(26)29-16)12-4-10-11(7-30(2)13(10)6-27-12)15(17(19,20)21)18(22,23)24/h3-4,6-8,15H,1-2H3,(H2,26,28,29). The van der Waals surface area contributed by atoms with Crippen molar-refractivity contribution in [3.8, 4) is 6.07 Å². The van der Waals surface area contributed by atoms with Gasteiger partial charge in [0.15, 0.2) is 11.1 Å². The first-order valence-corrected chi connectivity index (χ1v) is 9.49. The van der Waals surface area contributed by atoms with E-state index in [2.05, 4.69) is 15.0 Å². The van der Waals surface area contributed by atoms with Crippen LogP contribution in [-0.4, -0.2) is 31.9 Å². The molecule has 6 nitrogen and oxygen atoms in total. The first-order valence-electron chi connectivity index (χ1n) is 8.61. The topological polar surface area (TPSA) is 93.4 Å². The molecule has 13 heteroatoms. The summed E-state index contributed by atoms with van der Waals surface area (Å²) in [6, 6.07) is 4.29. The van der Waals surface area contributed by atoms with E-state index in [1.165, 1.54) is 29.9 Å². The van der Waals surface area contributed by atoms with Crippen molar-refractivity contribution >= 4 is 28.5 Å². The summed E-state index contributed by atoms with van der Waals surface area (Å²) < 4.78 is 80.9. The van der Waals surface area contributed by atoms with E-state index >= 15 is 0 Å². The smallest absolute Gasteiger partial charge is 0.384 e. The molecule has 0 radical (unpaired) electrons. The second-order valence-corrected chi connectivity index (χ2v) is 7.98. The van der Waals surface area contributed by atoms with Crippen molar-refractivity contribution in [2.24, 2.45) is 7.05 Å². The second-order valence-electron chi connectivity index (χ2n) is 6.67. The van der Waals surface area contributed by atoms with Gasteiger partial charge in [0.25, 0.3) is 0 Å². The summed E-state index contributed by atoms with van der Waals surface area (Å²) in [5.41, 5.74) is 5.08. The number of halogens is 6.